The molecule has 0 aliphatic heterocycles. The minimum absolute atomic E-state index is 0.455. The molecule has 0 unspecified atom stereocenters. The standard InChI is InChI=1S/C17H18N2/c1-13(2)17-11-8-15(12-19-17)5-4-14-6-9-16(18-3)10-7-14/h6-13,18H,1-3H3. The highest BCUT2D eigenvalue weighted by Crippen LogP contribution is 2.11. The Morgan fingerprint density at radius 3 is 2.11 bits per heavy atom. The maximum Gasteiger partial charge on any atom is 0.0432 e. The Hall–Kier alpha value is -2.27. The Bertz CT molecular complexity index is 584. The fourth-order valence-corrected chi connectivity index (χ4v) is 1.69. The molecule has 0 atom stereocenters. The lowest BCUT2D eigenvalue weighted by Crippen LogP contribution is -1.91. The van der Waals surface area contributed by atoms with Crippen LogP contribution in [-0.4, -0.2) is 12.0 Å². The van der Waals surface area contributed by atoms with Crippen LogP contribution in [-0.2, 0) is 0 Å². The van der Waals surface area contributed by atoms with E-state index in [0.29, 0.717) is 5.92 Å². The third-order valence-electron chi connectivity index (χ3n) is 2.90. The molecule has 1 heterocycles. The maximum absolute atomic E-state index is 4.41. The Morgan fingerprint density at radius 2 is 1.58 bits per heavy atom. The molecule has 0 aliphatic rings. The van der Waals surface area contributed by atoms with Crippen molar-refractivity contribution in [3.63, 3.8) is 0 Å². The molecule has 2 nitrogen and oxygen atoms in total. The molecule has 1 aromatic carbocycles. The molecule has 1 aromatic heterocycles. The van der Waals surface area contributed by atoms with Gasteiger partial charge in [0.25, 0.3) is 0 Å². The van der Waals surface area contributed by atoms with Crippen LogP contribution >= 0.6 is 0 Å². The largest absolute Gasteiger partial charge is 0.388 e. The lowest BCUT2D eigenvalue weighted by atomic mass is 10.1. The normalized spacial score (nSPS) is 9.89. The summed E-state index contributed by atoms with van der Waals surface area (Å²) in [6, 6.07) is 12.1. The average molecular weight is 250 g/mol. The van der Waals surface area contributed by atoms with Gasteiger partial charge in [0.1, 0.15) is 0 Å². The van der Waals surface area contributed by atoms with E-state index in [1.54, 1.807) is 0 Å². The number of benzene rings is 1. The van der Waals surface area contributed by atoms with Crippen molar-refractivity contribution >= 4 is 5.69 Å². The smallest absolute Gasteiger partial charge is 0.0432 e. The molecule has 2 aromatic rings. The Morgan fingerprint density at radius 1 is 0.947 bits per heavy atom. The monoisotopic (exact) mass is 250 g/mol. The molecule has 0 radical (unpaired) electrons. The summed E-state index contributed by atoms with van der Waals surface area (Å²) in [6.45, 7) is 4.27. The van der Waals surface area contributed by atoms with E-state index in [9.17, 15) is 0 Å². The van der Waals surface area contributed by atoms with Crippen molar-refractivity contribution in [3.05, 3.63) is 59.4 Å². The van der Waals surface area contributed by atoms with Crippen LogP contribution in [0.25, 0.3) is 0 Å². The van der Waals surface area contributed by atoms with E-state index in [2.05, 4.69) is 36.0 Å². The van der Waals surface area contributed by atoms with Gasteiger partial charge in [-0.3, -0.25) is 4.98 Å². The summed E-state index contributed by atoms with van der Waals surface area (Å²) in [5.41, 5.74) is 4.14. The van der Waals surface area contributed by atoms with E-state index < -0.39 is 0 Å². The van der Waals surface area contributed by atoms with Gasteiger partial charge in [0.15, 0.2) is 0 Å². The molecule has 0 spiro atoms. The van der Waals surface area contributed by atoms with Gasteiger partial charge in [0.2, 0.25) is 0 Å². The summed E-state index contributed by atoms with van der Waals surface area (Å²) in [7, 11) is 1.91. The molecule has 96 valence electrons. The van der Waals surface area contributed by atoms with E-state index in [1.807, 2.05) is 49.6 Å². The average Bonchev–Trinajstić information content (AvgIpc) is 2.46. The molecule has 0 bridgehead atoms. The number of hydrogen-bond donors (Lipinski definition) is 1. The van der Waals surface area contributed by atoms with E-state index in [0.717, 1.165) is 22.5 Å². The van der Waals surface area contributed by atoms with Gasteiger partial charge in [-0.1, -0.05) is 25.7 Å². The van der Waals surface area contributed by atoms with Crippen molar-refractivity contribution in [2.75, 3.05) is 12.4 Å². The second-order valence-corrected chi connectivity index (χ2v) is 4.70. The zero-order valence-electron chi connectivity index (χ0n) is 11.6. The highest BCUT2D eigenvalue weighted by molar-refractivity contribution is 5.49. The molecule has 19 heavy (non-hydrogen) atoms. The highest BCUT2D eigenvalue weighted by Gasteiger charge is 1.98. The van der Waals surface area contributed by atoms with Gasteiger partial charge in [-0.2, -0.15) is 0 Å². The number of nitrogens with one attached hydrogen (secondary N) is 1. The van der Waals surface area contributed by atoms with Crippen LogP contribution in [0.2, 0.25) is 0 Å². The van der Waals surface area contributed by atoms with Crippen molar-refractivity contribution in [1.82, 2.24) is 4.98 Å². The van der Waals surface area contributed by atoms with Crippen LogP contribution in [0.5, 0.6) is 0 Å². The highest BCUT2D eigenvalue weighted by atomic mass is 14.8. The van der Waals surface area contributed by atoms with E-state index in [-0.39, 0.29) is 0 Å². The predicted octanol–water partition coefficient (Wildman–Crippen LogP) is 3.65. The lowest BCUT2D eigenvalue weighted by Gasteiger charge is -2.02. The fraction of sp³-hybridized carbons (Fsp3) is 0.235. The fourth-order valence-electron chi connectivity index (χ4n) is 1.69. The second kappa shape index (κ2) is 6.06. The van der Waals surface area contributed by atoms with Crippen LogP contribution in [0.15, 0.2) is 42.6 Å². The first-order valence-corrected chi connectivity index (χ1v) is 6.45. The molecule has 2 rings (SSSR count). The number of anilines is 1. The number of hydrogen-bond acceptors (Lipinski definition) is 2. The lowest BCUT2D eigenvalue weighted by molar-refractivity contribution is 0.822. The maximum atomic E-state index is 4.41. The van der Waals surface area contributed by atoms with Gasteiger partial charge in [0.05, 0.1) is 0 Å². The molecule has 1 N–H and O–H groups in total. The molecule has 0 saturated heterocycles. The molecule has 0 amide bonds. The minimum Gasteiger partial charge on any atom is -0.388 e. The number of nitrogens with zero attached hydrogens (tertiary/aromatic N) is 1. The van der Waals surface area contributed by atoms with Gasteiger partial charge in [-0.05, 0) is 42.3 Å². The van der Waals surface area contributed by atoms with Gasteiger partial charge in [-0.25, -0.2) is 0 Å². The summed E-state index contributed by atoms with van der Waals surface area (Å²) < 4.78 is 0. The number of rotatable bonds is 2. The van der Waals surface area contributed by atoms with Crippen molar-refractivity contribution < 1.29 is 0 Å². The predicted molar refractivity (Wildman–Crippen MR) is 80.3 cm³/mol. The number of pyridine rings is 1. The first kappa shape index (κ1) is 13.2. The third kappa shape index (κ3) is 3.59. The first-order valence-electron chi connectivity index (χ1n) is 6.45. The van der Waals surface area contributed by atoms with Crippen LogP contribution < -0.4 is 5.32 Å². The summed E-state index contributed by atoms with van der Waals surface area (Å²) in [5.74, 6) is 6.73. The number of aromatic nitrogens is 1. The minimum atomic E-state index is 0.455. The van der Waals surface area contributed by atoms with Crippen molar-refractivity contribution in [3.8, 4) is 11.8 Å². The summed E-state index contributed by atoms with van der Waals surface area (Å²) in [5, 5.41) is 3.09. The second-order valence-electron chi connectivity index (χ2n) is 4.70. The summed E-state index contributed by atoms with van der Waals surface area (Å²) in [4.78, 5) is 4.41. The van der Waals surface area contributed by atoms with E-state index in [1.165, 1.54) is 0 Å². The summed E-state index contributed by atoms with van der Waals surface area (Å²) >= 11 is 0. The Kier molecular flexibility index (Phi) is 4.20. The molecule has 0 fully saturated rings. The first-order chi connectivity index (χ1) is 9.19. The Balaban J connectivity index is 2.14. The van der Waals surface area contributed by atoms with Gasteiger partial charge >= 0.3 is 0 Å². The van der Waals surface area contributed by atoms with Crippen LogP contribution in [0.3, 0.4) is 0 Å². The van der Waals surface area contributed by atoms with Crippen molar-refractivity contribution in [2.24, 2.45) is 0 Å². The topological polar surface area (TPSA) is 24.9 Å². The van der Waals surface area contributed by atoms with Crippen molar-refractivity contribution in [1.29, 1.82) is 0 Å². The zero-order valence-corrected chi connectivity index (χ0v) is 11.6. The SMILES string of the molecule is CNc1ccc(C#Cc2ccc(C(C)C)nc2)cc1. The van der Waals surface area contributed by atoms with E-state index >= 15 is 0 Å². The van der Waals surface area contributed by atoms with E-state index in [4.69, 9.17) is 0 Å². The quantitative estimate of drug-likeness (QED) is 0.823. The molecule has 0 saturated carbocycles. The van der Waals surface area contributed by atoms with Gasteiger partial charge < -0.3 is 5.32 Å². The van der Waals surface area contributed by atoms with Crippen LogP contribution in [0.4, 0.5) is 5.69 Å². The summed E-state index contributed by atoms with van der Waals surface area (Å²) in [6.07, 6.45) is 1.84. The zero-order chi connectivity index (χ0) is 13.7. The third-order valence-corrected chi connectivity index (χ3v) is 2.90. The molecular weight excluding hydrogens is 232 g/mol. The van der Waals surface area contributed by atoms with Gasteiger partial charge in [-0.15, -0.1) is 0 Å². The van der Waals surface area contributed by atoms with Crippen LogP contribution in [0.1, 0.15) is 36.6 Å². The van der Waals surface area contributed by atoms with Gasteiger partial charge in [0, 0.05) is 35.8 Å². The van der Waals surface area contributed by atoms with Crippen molar-refractivity contribution in [2.45, 2.75) is 19.8 Å². The molecule has 2 heteroatoms. The molecule has 0 aliphatic carbocycles. The Labute approximate surface area is 114 Å². The van der Waals surface area contributed by atoms with Crippen LogP contribution in [0, 0.1) is 11.8 Å². The molecular formula is C17H18N2.